The van der Waals surface area contributed by atoms with Crippen molar-refractivity contribution in [3.63, 3.8) is 0 Å². The Morgan fingerprint density at radius 2 is 1.77 bits per heavy atom. The zero-order chi connectivity index (χ0) is 10.2. The van der Waals surface area contributed by atoms with E-state index >= 15 is 0 Å². The molecule has 67 valence electrons. The minimum atomic E-state index is 0.312. The number of halogens is 1. The fourth-order valence-electron chi connectivity index (χ4n) is 1.43. The van der Waals surface area contributed by atoms with Gasteiger partial charge in [-0.15, -0.1) is 0 Å². The van der Waals surface area contributed by atoms with Crippen molar-refractivity contribution in [2.75, 3.05) is 0 Å². The van der Waals surface area contributed by atoms with Crippen molar-refractivity contribution in [2.45, 2.75) is 33.1 Å². The Labute approximate surface area is 111 Å². The van der Waals surface area contributed by atoms with Crippen LogP contribution in [0.25, 0.3) is 0 Å². The first-order chi connectivity index (χ1) is 5.84. The van der Waals surface area contributed by atoms with Gasteiger partial charge in [0.25, 0.3) is 0 Å². The Kier molecular flexibility index (Phi) is 3.84. The fraction of sp³-hybridized carbons (Fsp3) is 0.455. The van der Waals surface area contributed by atoms with Gasteiger partial charge in [0.1, 0.15) is 0 Å². The summed E-state index contributed by atoms with van der Waals surface area (Å²) in [4.78, 5) is 0. The second-order valence-corrected chi connectivity index (χ2v) is 8.36. The van der Waals surface area contributed by atoms with Crippen LogP contribution in [0.2, 0.25) is 0 Å². The quantitative estimate of drug-likeness (QED) is 0.401. The topological polar surface area (TPSA) is 0 Å². The van der Waals surface area contributed by atoms with Crippen molar-refractivity contribution >= 4 is 25.7 Å². The third-order valence-electron chi connectivity index (χ3n) is 2.34. The van der Waals surface area contributed by atoms with E-state index in [2.05, 4.69) is 62.4 Å². The Bertz CT molecular complexity index is 324. The maximum absolute atomic E-state index is 2.43. The molecule has 13 heavy (non-hydrogen) atoms. The Balaban J connectivity index is 3.35. The van der Waals surface area contributed by atoms with Crippen LogP contribution in [0, 0.1) is 10.5 Å². The first-order valence-corrected chi connectivity index (χ1v) is 8.28. The molecule has 0 heterocycles. The van der Waals surface area contributed by atoms with Crippen LogP contribution in [0.4, 0.5) is 0 Å². The molecule has 0 atom stereocenters. The van der Waals surface area contributed by atoms with Crippen molar-refractivity contribution in [2.24, 2.45) is 0 Å². The number of hydrogen-bond donors (Lipinski definition) is 0. The van der Waals surface area contributed by atoms with E-state index in [0.717, 1.165) is 26.1 Å². The van der Waals surface area contributed by atoms with Gasteiger partial charge in [0.05, 0.1) is 0 Å². The van der Waals surface area contributed by atoms with E-state index in [4.69, 9.17) is 0 Å². The molecule has 0 aromatic heterocycles. The van der Waals surface area contributed by atoms with Gasteiger partial charge in [-0.05, 0) is 0 Å². The molecule has 0 fully saturated rings. The summed E-state index contributed by atoms with van der Waals surface area (Å²) >= 11 is 3.15. The van der Waals surface area contributed by atoms with Gasteiger partial charge in [-0.3, -0.25) is 0 Å². The number of hydrogen-bond acceptors (Lipinski definition) is 0. The Hall–Kier alpha value is 0.885. The average molecular weight is 474 g/mol. The molecule has 0 N–H and O–H groups in total. The summed E-state index contributed by atoms with van der Waals surface area (Å²) in [6, 6.07) is 4.55. The summed E-state index contributed by atoms with van der Waals surface area (Å²) in [7, 11) is 0. The van der Waals surface area contributed by atoms with Crippen molar-refractivity contribution in [3.8, 4) is 0 Å². The van der Waals surface area contributed by atoms with Gasteiger partial charge in [-0.25, -0.2) is 0 Å². The summed E-state index contributed by atoms with van der Waals surface area (Å²) in [5, 5.41) is 0. The molecule has 0 saturated heterocycles. The molecule has 0 nitrogen and oxygen atoms in total. The van der Waals surface area contributed by atoms with Gasteiger partial charge in [0, 0.05) is 0 Å². The van der Waals surface area contributed by atoms with E-state index in [1.807, 2.05) is 0 Å². The van der Waals surface area contributed by atoms with Gasteiger partial charge in [-0.1, -0.05) is 0 Å². The molecule has 1 aromatic rings. The third kappa shape index (κ3) is 2.68. The molecule has 1 rings (SSSR count). The van der Waals surface area contributed by atoms with Gasteiger partial charge in [0.2, 0.25) is 0 Å². The molecule has 0 spiro atoms. The Morgan fingerprint density at radius 3 is 2.23 bits per heavy atom. The van der Waals surface area contributed by atoms with Gasteiger partial charge in [-0.2, -0.15) is 0 Å². The average Bonchev–Trinajstić information content (AvgIpc) is 1.98. The summed E-state index contributed by atoms with van der Waals surface area (Å²) < 4.78 is 3.05. The molecular formula is C11H14HgI. The van der Waals surface area contributed by atoms with Gasteiger partial charge in [0.15, 0.2) is 0 Å². The summed E-state index contributed by atoms with van der Waals surface area (Å²) in [5.41, 5.74) is 3.37. The van der Waals surface area contributed by atoms with Crippen molar-refractivity contribution in [3.05, 3.63) is 26.8 Å². The zero-order valence-corrected chi connectivity index (χ0v) is 16.4. The molecule has 0 aliphatic heterocycles. The standard InChI is InChI=1S/C11H14I.Hg/c1-8-7-9(11(2,3)4)5-6-10(8)12;/h5-6H,1-4H3;. The predicted octanol–water partition coefficient (Wildman–Crippen LogP) is 3.07. The zero-order valence-electron chi connectivity index (χ0n) is 8.74. The van der Waals surface area contributed by atoms with Crippen LogP contribution in [0.5, 0.6) is 0 Å². The summed E-state index contributed by atoms with van der Waals surface area (Å²) in [5.74, 6) is 0. The van der Waals surface area contributed by atoms with Crippen LogP contribution in [-0.2, 0) is 31.5 Å². The first-order valence-electron chi connectivity index (χ1n) is 4.45. The second-order valence-electron chi connectivity index (χ2n) is 4.45. The van der Waals surface area contributed by atoms with Crippen LogP contribution in [0.15, 0.2) is 12.1 Å². The van der Waals surface area contributed by atoms with Crippen molar-refractivity contribution in [1.82, 2.24) is 0 Å². The molecule has 2 heteroatoms. The van der Waals surface area contributed by atoms with Gasteiger partial charge >= 0.3 is 112 Å². The number of benzene rings is 1. The van der Waals surface area contributed by atoms with Crippen LogP contribution < -0.4 is 3.07 Å². The van der Waals surface area contributed by atoms with Crippen LogP contribution in [0.1, 0.15) is 31.9 Å². The monoisotopic (exact) mass is 475 g/mol. The van der Waals surface area contributed by atoms with Gasteiger partial charge < -0.3 is 0 Å². The summed E-state index contributed by atoms with van der Waals surface area (Å²) in [6.07, 6.45) is 0. The van der Waals surface area contributed by atoms with E-state index in [9.17, 15) is 0 Å². The molecular weight excluding hydrogens is 460 g/mol. The SMILES string of the molecule is Cc1c(I)ccc(C(C)(C)C)[c]1[Hg]. The normalized spacial score (nSPS) is 11.9. The molecule has 0 saturated carbocycles. The van der Waals surface area contributed by atoms with Crippen molar-refractivity contribution in [1.29, 1.82) is 0 Å². The van der Waals surface area contributed by atoms with E-state index in [0.29, 0.717) is 5.41 Å². The van der Waals surface area contributed by atoms with Crippen LogP contribution >= 0.6 is 22.6 Å². The molecule has 0 amide bonds. The first kappa shape index (κ1) is 12.0. The fourth-order valence-corrected chi connectivity index (χ4v) is 6.60. The minimum absolute atomic E-state index is 0.312. The molecule has 0 unspecified atom stereocenters. The molecule has 1 aromatic carbocycles. The van der Waals surface area contributed by atoms with E-state index in [1.54, 1.807) is 8.64 Å². The van der Waals surface area contributed by atoms with Crippen LogP contribution in [0.3, 0.4) is 0 Å². The summed E-state index contributed by atoms with van der Waals surface area (Å²) in [6.45, 7) is 9.14. The predicted molar refractivity (Wildman–Crippen MR) is 62.2 cm³/mol. The third-order valence-corrected chi connectivity index (χ3v) is 7.05. The van der Waals surface area contributed by atoms with E-state index < -0.39 is 0 Å². The molecule has 0 bridgehead atoms. The molecule has 0 aliphatic carbocycles. The van der Waals surface area contributed by atoms with E-state index in [-0.39, 0.29) is 0 Å². The second kappa shape index (κ2) is 4.17. The van der Waals surface area contributed by atoms with Crippen LogP contribution in [-0.4, -0.2) is 0 Å². The maximum atomic E-state index is 2.43. The Morgan fingerprint density at radius 1 is 1.23 bits per heavy atom. The van der Waals surface area contributed by atoms with E-state index in [1.165, 1.54) is 9.13 Å². The van der Waals surface area contributed by atoms with Crippen molar-refractivity contribution < 1.29 is 26.1 Å². The molecule has 0 aliphatic rings. The number of rotatable bonds is 0. The molecule has 0 radical (unpaired) electrons.